The summed E-state index contributed by atoms with van der Waals surface area (Å²) >= 11 is 0. The first kappa shape index (κ1) is 13.2. The van der Waals surface area contributed by atoms with Crippen LogP contribution in [0.5, 0.6) is 0 Å². The molecular formula is C14H22O2. The molecule has 1 aromatic carbocycles. The van der Waals surface area contributed by atoms with Crippen LogP contribution in [0.1, 0.15) is 31.4 Å². The fourth-order valence-electron chi connectivity index (χ4n) is 1.60. The lowest BCUT2D eigenvalue weighted by molar-refractivity contribution is 0.0631. The predicted octanol–water partition coefficient (Wildman–Crippen LogP) is 2.17. The second kappa shape index (κ2) is 6.02. The summed E-state index contributed by atoms with van der Waals surface area (Å²) in [7, 11) is 0. The Kier molecular flexibility index (Phi) is 4.97. The van der Waals surface area contributed by atoms with E-state index in [-0.39, 0.29) is 18.6 Å². The van der Waals surface area contributed by atoms with Gasteiger partial charge in [0.15, 0.2) is 0 Å². The van der Waals surface area contributed by atoms with Crippen molar-refractivity contribution >= 4 is 0 Å². The number of aryl methyl sites for hydroxylation is 2. The van der Waals surface area contributed by atoms with Crippen molar-refractivity contribution < 1.29 is 10.2 Å². The molecule has 0 aromatic heterocycles. The molecule has 1 aromatic rings. The second-order valence-electron chi connectivity index (χ2n) is 4.80. The lowest BCUT2D eigenvalue weighted by Gasteiger charge is -2.24. The highest BCUT2D eigenvalue weighted by atomic mass is 16.3. The minimum absolute atomic E-state index is 0.0382. The lowest BCUT2D eigenvalue weighted by atomic mass is 9.86. The number of aliphatic hydroxyl groups is 2. The Morgan fingerprint density at radius 3 is 1.94 bits per heavy atom. The molecule has 0 aliphatic rings. The Morgan fingerprint density at radius 2 is 1.50 bits per heavy atom. The van der Waals surface area contributed by atoms with Crippen molar-refractivity contribution in [1.82, 2.24) is 0 Å². The topological polar surface area (TPSA) is 40.5 Å². The van der Waals surface area contributed by atoms with Crippen LogP contribution in [-0.2, 0) is 12.8 Å². The van der Waals surface area contributed by atoms with Crippen LogP contribution in [0.2, 0.25) is 0 Å². The zero-order valence-electron chi connectivity index (χ0n) is 10.2. The summed E-state index contributed by atoms with van der Waals surface area (Å²) in [4.78, 5) is 0. The summed E-state index contributed by atoms with van der Waals surface area (Å²) in [6, 6.07) is 8.55. The Balaban J connectivity index is 2.54. The fraction of sp³-hybridized carbons (Fsp3) is 0.571. The summed E-state index contributed by atoms with van der Waals surface area (Å²) in [6.07, 6.45) is 2.78. The van der Waals surface area contributed by atoms with Gasteiger partial charge in [-0.3, -0.25) is 0 Å². The van der Waals surface area contributed by atoms with Crippen LogP contribution >= 0.6 is 0 Å². The van der Waals surface area contributed by atoms with E-state index in [4.69, 9.17) is 0 Å². The number of rotatable bonds is 6. The third-order valence-corrected chi connectivity index (χ3v) is 3.21. The van der Waals surface area contributed by atoms with Crippen molar-refractivity contribution in [3.05, 3.63) is 35.4 Å². The molecule has 0 atom stereocenters. The number of hydrogen-bond donors (Lipinski definition) is 2. The van der Waals surface area contributed by atoms with Crippen molar-refractivity contribution in [3.63, 3.8) is 0 Å². The van der Waals surface area contributed by atoms with Gasteiger partial charge in [0.05, 0.1) is 13.2 Å². The van der Waals surface area contributed by atoms with E-state index in [0.717, 1.165) is 19.3 Å². The van der Waals surface area contributed by atoms with Crippen molar-refractivity contribution in [1.29, 1.82) is 0 Å². The van der Waals surface area contributed by atoms with Gasteiger partial charge in [0, 0.05) is 5.41 Å². The van der Waals surface area contributed by atoms with Gasteiger partial charge in [-0.1, -0.05) is 38.1 Å². The number of aliphatic hydroxyl groups excluding tert-OH is 2. The molecule has 0 aliphatic heterocycles. The van der Waals surface area contributed by atoms with Crippen LogP contribution < -0.4 is 0 Å². The van der Waals surface area contributed by atoms with Crippen LogP contribution in [0.15, 0.2) is 24.3 Å². The van der Waals surface area contributed by atoms with E-state index >= 15 is 0 Å². The molecule has 16 heavy (non-hydrogen) atoms. The Hall–Kier alpha value is -0.860. The molecule has 0 saturated carbocycles. The monoisotopic (exact) mass is 222 g/mol. The number of hydrogen-bond acceptors (Lipinski definition) is 2. The zero-order valence-corrected chi connectivity index (χ0v) is 10.2. The van der Waals surface area contributed by atoms with Crippen molar-refractivity contribution in [2.24, 2.45) is 5.41 Å². The van der Waals surface area contributed by atoms with Crippen LogP contribution in [0.4, 0.5) is 0 Å². The summed E-state index contributed by atoms with van der Waals surface area (Å²) < 4.78 is 0. The van der Waals surface area contributed by atoms with Crippen molar-refractivity contribution in [3.8, 4) is 0 Å². The molecule has 0 radical (unpaired) electrons. The van der Waals surface area contributed by atoms with E-state index in [2.05, 4.69) is 31.2 Å². The van der Waals surface area contributed by atoms with E-state index in [0.29, 0.717) is 0 Å². The average molecular weight is 222 g/mol. The van der Waals surface area contributed by atoms with Crippen LogP contribution in [0, 0.1) is 5.41 Å². The molecule has 0 bridgehead atoms. The van der Waals surface area contributed by atoms with Crippen molar-refractivity contribution in [2.75, 3.05) is 13.2 Å². The zero-order chi connectivity index (χ0) is 12.0. The van der Waals surface area contributed by atoms with Gasteiger partial charge >= 0.3 is 0 Å². The Bertz CT molecular complexity index is 299. The maximum Gasteiger partial charge on any atom is 0.0506 e. The van der Waals surface area contributed by atoms with Crippen molar-refractivity contribution in [2.45, 2.75) is 33.1 Å². The van der Waals surface area contributed by atoms with E-state index in [1.807, 2.05) is 6.92 Å². The van der Waals surface area contributed by atoms with Gasteiger partial charge in [-0.15, -0.1) is 0 Å². The molecule has 1 rings (SSSR count). The first-order valence-electron chi connectivity index (χ1n) is 5.93. The molecule has 0 spiro atoms. The normalized spacial score (nSPS) is 11.8. The fourth-order valence-corrected chi connectivity index (χ4v) is 1.60. The highest BCUT2D eigenvalue weighted by Crippen LogP contribution is 2.22. The molecule has 0 aliphatic carbocycles. The molecular weight excluding hydrogens is 200 g/mol. The highest BCUT2D eigenvalue weighted by Gasteiger charge is 2.21. The molecule has 2 nitrogen and oxygen atoms in total. The largest absolute Gasteiger partial charge is 0.396 e. The predicted molar refractivity (Wildman–Crippen MR) is 66.4 cm³/mol. The molecule has 2 N–H and O–H groups in total. The molecule has 0 amide bonds. The quantitative estimate of drug-likeness (QED) is 0.774. The van der Waals surface area contributed by atoms with Gasteiger partial charge in [0.2, 0.25) is 0 Å². The first-order valence-corrected chi connectivity index (χ1v) is 5.93. The van der Waals surface area contributed by atoms with Gasteiger partial charge in [0.25, 0.3) is 0 Å². The number of benzene rings is 1. The molecule has 0 unspecified atom stereocenters. The molecule has 0 fully saturated rings. The second-order valence-corrected chi connectivity index (χ2v) is 4.80. The average Bonchev–Trinajstić information content (AvgIpc) is 2.36. The van der Waals surface area contributed by atoms with Crippen LogP contribution in [0.3, 0.4) is 0 Å². The summed E-state index contributed by atoms with van der Waals surface area (Å²) in [6.45, 7) is 4.13. The van der Waals surface area contributed by atoms with E-state index in [1.54, 1.807) is 0 Å². The van der Waals surface area contributed by atoms with Gasteiger partial charge < -0.3 is 10.2 Å². The maximum atomic E-state index is 9.19. The summed E-state index contributed by atoms with van der Waals surface area (Å²) in [5.74, 6) is 0. The summed E-state index contributed by atoms with van der Waals surface area (Å²) in [5, 5.41) is 18.4. The highest BCUT2D eigenvalue weighted by molar-refractivity contribution is 5.22. The lowest BCUT2D eigenvalue weighted by Crippen LogP contribution is -2.26. The van der Waals surface area contributed by atoms with E-state index in [1.165, 1.54) is 11.1 Å². The smallest absolute Gasteiger partial charge is 0.0506 e. The van der Waals surface area contributed by atoms with Gasteiger partial charge in [-0.05, 0) is 30.4 Å². The van der Waals surface area contributed by atoms with Gasteiger partial charge in [-0.2, -0.15) is 0 Å². The maximum absolute atomic E-state index is 9.19. The standard InChI is InChI=1S/C14H22O2/c1-3-12-4-6-13(7-5-12)8-9-14(2,10-15)11-16/h4-7,15-16H,3,8-11H2,1-2H3. The molecule has 2 heteroatoms. The van der Waals surface area contributed by atoms with Crippen LogP contribution in [-0.4, -0.2) is 23.4 Å². The molecule has 0 heterocycles. The van der Waals surface area contributed by atoms with Gasteiger partial charge in [0.1, 0.15) is 0 Å². The van der Waals surface area contributed by atoms with Gasteiger partial charge in [-0.25, -0.2) is 0 Å². The Labute approximate surface area is 97.9 Å². The molecule has 90 valence electrons. The minimum atomic E-state index is -0.358. The minimum Gasteiger partial charge on any atom is -0.396 e. The first-order chi connectivity index (χ1) is 7.63. The van der Waals surface area contributed by atoms with E-state index in [9.17, 15) is 10.2 Å². The third kappa shape index (κ3) is 3.62. The Morgan fingerprint density at radius 1 is 1.00 bits per heavy atom. The van der Waals surface area contributed by atoms with Crippen LogP contribution in [0.25, 0.3) is 0 Å². The SMILES string of the molecule is CCc1ccc(CCC(C)(CO)CO)cc1. The third-order valence-electron chi connectivity index (χ3n) is 3.21. The summed E-state index contributed by atoms with van der Waals surface area (Å²) in [5.41, 5.74) is 2.25. The molecule has 0 saturated heterocycles. The van der Waals surface area contributed by atoms with E-state index < -0.39 is 0 Å².